The smallest absolute Gasteiger partial charge is 0.282 e. The maximum absolute atomic E-state index is 13.0. The Kier molecular flexibility index (Phi) is 5.73. The Balaban J connectivity index is 2.05. The van der Waals surface area contributed by atoms with Crippen molar-refractivity contribution in [1.82, 2.24) is 0 Å². The predicted octanol–water partition coefficient (Wildman–Crippen LogP) is 2.79. The van der Waals surface area contributed by atoms with Gasteiger partial charge in [0, 0.05) is 11.3 Å². The van der Waals surface area contributed by atoms with Gasteiger partial charge in [0.15, 0.2) is 6.04 Å². The Labute approximate surface area is 143 Å². The molecule has 24 heavy (non-hydrogen) atoms. The van der Waals surface area contributed by atoms with E-state index in [-0.39, 0.29) is 17.8 Å². The third kappa shape index (κ3) is 4.42. The second-order valence-corrected chi connectivity index (χ2v) is 6.63. The van der Waals surface area contributed by atoms with Gasteiger partial charge >= 0.3 is 0 Å². The molecule has 128 valence electrons. The van der Waals surface area contributed by atoms with Crippen molar-refractivity contribution in [2.75, 3.05) is 12.4 Å². The van der Waals surface area contributed by atoms with Gasteiger partial charge < -0.3 is 10.2 Å². The highest BCUT2D eigenvalue weighted by atomic mass is 19.1. The molecule has 2 atom stereocenters. The van der Waals surface area contributed by atoms with Gasteiger partial charge in [-0.05, 0) is 51.0 Å². The van der Waals surface area contributed by atoms with E-state index >= 15 is 0 Å². The van der Waals surface area contributed by atoms with Crippen molar-refractivity contribution < 1.29 is 14.1 Å². The van der Waals surface area contributed by atoms with Crippen molar-refractivity contribution in [2.24, 2.45) is 0 Å². The number of quaternary nitrogens is 1. The minimum absolute atomic E-state index is 0.00957. The molecule has 3 nitrogen and oxygen atoms in total. The molecular weight excluding hydrogens is 303 g/mol. The second-order valence-electron chi connectivity index (χ2n) is 6.63. The van der Waals surface area contributed by atoms with Crippen LogP contribution in [0.3, 0.4) is 0 Å². The lowest BCUT2D eigenvalue weighted by atomic mass is 10.0. The molecule has 0 bridgehead atoms. The van der Waals surface area contributed by atoms with E-state index in [0.717, 1.165) is 27.3 Å². The number of carbonyl (C=O) groups is 1. The number of likely N-dealkylation sites (N-methyl/N-ethyl adjacent to an activating group) is 1. The predicted molar refractivity (Wildman–Crippen MR) is 95.7 cm³/mol. The summed E-state index contributed by atoms with van der Waals surface area (Å²) in [6.07, 6.45) is 0. The normalized spacial score (nSPS) is 13.4. The standard InChI is InChI=1S/C20H25FN2O/c1-13-10-14(2)19(15(3)11-13)22-20(24)16(4)23(5)12-17-6-8-18(21)9-7-17/h6-11,16H,12H2,1-5H3,(H,22,24)/p+1/t16-/m0/s1. The van der Waals surface area contributed by atoms with Crippen LogP contribution >= 0.6 is 0 Å². The Morgan fingerprint density at radius 3 is 2.21 bits per heavy atom. The van der Waals surface area contributed by atoms with Crippen LogP contribution in [0.5, 0.6) is 0 Å². The maximum Gasteiger partial charge on any atom is 0.282 e. The number of anilines is 1. The minimum Gasteiger partial charge on any atom is -0.324 e. The monoisotopic (exact) mass is 329 g/mol. The number of hydrogen-bond acceptors (Lipinski definition) is 1. The average Bonchev–Trinajstić information content (AvgIpc) is 2.52. The van der Waals surface area contributed by atoms with E-state index in [9.17, 15) is 9.18 Å². The molecule has 0 saturated heterocycles. The lowest BCUT2D eigenvalue weighted by molar-refractivity contribution is -0.907. The molecule has 1 unspecified atom stereocenters. The van der Waals surface area contributed by atoms with Crippen molar-refractivity contribution in [2.45, 2.75) is 40.3 Å². The molecule has 0 radical (unpaired) electrons. The number of rotatable bonds is 5. The Bertz CT molecular complexity index is 702. The van der Waals surface area contributed by atoms with Crippen molar-refractivity contribution in [1.29, 1.82) is 0 Å². The SMILES string of the molecule is Cc1cc(C)c(NC(=O)[C@H](C)[NH+](C)Cc2ccc(F)cc2)c(C)c1. The van der Waals surface area contributed by atoms with E-state index in [1.54, 1.807) is 12.1 Å². The number of halogens is 1. The summed E-state index contributed by atoms with van der Waals surface area (Å²) in [7, 11) is 1.97. The number of amides is 1. The van der Waals surface area contributed by atoms with E-state index in [4.69, 9.17) is 0 Å². The van der Waals surface area contributed by atoms with Gasteiger partial charge in [0.1, 0.15) is 12.4 Å². The van der Waals surface area contributed by atoms with Crippen molar-refractivity contribution in [3.63, 3.8) is 0 Å². The Morgan fingerprint density at radius 2 is 1.67 bits per heavy atom. The molecular formula is C20H26FN2O+. The van der Waals surface area contributed by atoms with Gasteiger partial charge in [-0.1, -0.05) is 29.8 Å². The van der Waals surface area contributed by atoms with Crippen LogP contribution in [0.4, 0.5) is 10.1 Å². The first-order valence-corrected chi connectivity index (χ1v) is 8.23. The summed E-state index contributed by atoms with van der Waals surface area (Å²) in [4.78, 5) is 13.7. The van der Waals surface area contributed by atoms with Gasteiger partial charge in [0.2, 0.25) is 0 Å². The summed E-state index contributed by atoms with van der Waals surface area (Å²) < 4.78 is 13.0. The van der Waals surface area contributed by atoms with Crippen LogP contribution in [0.25, 0.3) is 0 Å². The number of carbonyl (C=O) groups excluding carboxylic acids is 1. The topological polar surface area (TPSA) is 33.5 Å². The molecule has 0 spiro atoms. The van der Waals surface area contributed by atoms with Gasteiger partial charge in [-0.15, -0.1) is 0 Å². The lowest BCUT2D eigenvalue weighted by Crippen LogP contribution is -3.12. The molecule has 1 amide bonds. The molecule has 0 fully saturated rings. The molecule has 4 heteroatoms. The van der Waals surface area contributed by atoms with Gasteiger partial charge in [-0.2, -0.15) is 0 Å². The van der Waals surface area contributed by atoms with Crippen molar-refractivity contribution in [3.05, 3.63) is 64.5 Å². The Hall–Kier alpha value is -2.20. The fraction of sp³-hybridized carbons (Fsp3) is 0.350. The zero-order chi connectivity index (χ0) is 17.9. The molecule has 2 aromatic carbocycles. The molecule has 2 rings (SSSR count). The zero-order valence-corrected chi connectivity index (χ0v) is 15.0. The lowest BCUT2D eigenvalue weighted by Gasteiger charge is -2.22. The van der Waals surface area contributed by atoms with Crippen molar-refractivity contribution >= 4 is 11.6 Å². The molecule has 0 aliphatic rings. The molecule has 0 heterocycles. The first-order chi connectivity index (χ1) is 11.3. The Morgan fingerprint density at radius 1 is 1.12 bits per heavy atom. The molecule has 0 aliphatic carbocycles. The summed E-state index contributed by atoms with van der Waals surface area (Å²) in [5, 5.41) is 3.06. The highest BCUT2D eigenvalue weighted by Crippen LogP contribution is 2.21. The maximum atomic E-state index is 13.0. The van der Waals surface area contributed by atoms with Crippen LogP contribution in [0.15, 0.2) is 36.4 Å². The van der Waals surface area contributed by atoms with Gasteiger partial charge in [-0.25, -0.2) is 4.39 Å². The van der Waals surface area contributed by atoms with Crippen LogP contribution in [0, 0.1) is 26.6 Å². The first-order valence-electron chi connectivity index (χ1n) is 8.23. The molecule has 2 N–H and O–H groups in total. The third-order valence-corrected chi connectivity index (χ3v) is 4.45. The second kappa shape index (κ2) is 7.58. The fourth-order valence-electron chi connectivity index (χ4n) is 2.91. The number of benzene rings is 2. The van der Waals surface area contributed by atoms with E-state index in [2.05, 4.69) is 24.4 Å². The van der Waals surface area contributed by atoms with Crippen molar-refractivity contribution in [3.8, 4) is 0 Å². The summed E-state index contributed by atoms with van der Waals surface area (Å²) in [5.41, 5.74) is 5.24. The summed E-state index contributed by atoms with van der Waals surface area (Å²) in [6.45, 7) is 8.65. The minimum atomic E-state index is -0.243. The quantitative estimate of drug-likeness (QED) is 0.869. The van der Waals surface area contributed by atoms with E-state index in [1.807, 2.05) is 27.8 Å². The highest BCUT2D eigenvalue weighted by Gasteiger charge is 2.23. The van der Waals surface area contributed by atoms with E-state index < -0.39 is 0 Å². The third-order valence-electron chi connectivity index (χ3n) is 4.45. The van der Waals surface area contributed by atoms with Gasteiger partial charge in [0.25, 0.3) is 5.91 Å². The largest absolute Gasteiger partial charge is 0.324 e. The molecule has 2 aromatic rings. The number of hydrogen-bond donors (Lipinski definition) is 2. The van der Waals surface area contributed by atoms with Crippen LogP contribution in [0.1, 0.15) is 29.2 Å². The van der Waals surface area contributed by atoms with E-state index in [0.29, 0.717) is 6.54 Å². The average molecular weight is 329 g/mol. The summed E-state index contributed by atoms with van der Waals surface area (Å²) >= 11 is 0. The summed E-state index contributed by atoms with van der Waals surface area (Å²) in [6, 6.07) is 10.4. The zero-order valence-electron chi connectivity index (χ0n) is 15.0. The first kappa shape index (κ1) is 18.1. The fourth-order valence-corrected chi connectivity index (χ4v) is 2.91. The van der Waals surface area contributed by atoms with Crippen LogP contribution < -0.4 is 10.2 Å². The molecule has 0 aliphatic heterocycles. The number of aryl methyl sites for hydroxylation is 3. The summed E-state index contributed by atoms with van der Waals surface area (Å²) in [5.74, 6) is -0.253. The van der Waals surface area contributed by atoms with Gasteiger partial charge in [0.05, 0.1) is 7.05 Å². The van der Waals surface area contributed by atoms with Gasteiger partial charge in [-0.3, -0.25) is 4.79 Å². The molecule has 0 saturated carbocycles. The van der Waals surface area contributed by atoms with Crippen LogP contribution in [-0.2, 0) is 11.3 Å². The number of nitrogens with one attached hydrogen (secondary N) is 2. The van der Waals surface area contributed by atoms with E-state index in [1.165, 1.54) is 17.7 Å². The highest BCUT2D eigenvalue weighted by molar-refractivity contribution is 5.95. The van der Waals surface area contributed by atoms with Crippen LogP contribution in [0.2, 0.25) is 0 Å². The van der Waals surface area contributed by atoms with Crippen LogP contribution in [-0.4, -0.2) is 19.0 Å². The molecule has 0 aromatic heterocycles.